The summed E-state index contributed by atoms with van der Waals surface area (Å²) in [6.45, 7) is 9.61. The molecule has 3 rings (SSSR count). The van der Waals surface area contributed by atoms with Gasteiger partial charge >= 0.3 is 0 Å². The maximum atomic E-state index is 13.6. The second-order valence-electron chi connectivity index (χ2n) is 9.00. The van der Waals surface area contributed by atoms with Crippen LogP contribution in [0.4, 0.5) is 10.2 Å². The Morgan fingerprint density at radius 2 is 1.75 bits per heavy atom. The van der Waals surface area contributed by atoms with Gasteiger partial charge in [0.2, 0.25) is 5.91 Å². The number of carbonyl (C=O) groups excluding carboxylic acids is 2. The number of aromatic nitrogens is 2. The van der Waals surface area contributed by atoms with Crippen LogP contribution < -0.4 is 5.32 Å². The lowest BCUT2D eigenvalue weighted by atomic mass is 9.92. The summed E-state index contributed by atoms with van der Waals surface area (Å²) in [5, 5.41) is 7.59. The Kier molecular flexibility index (Phi) is 6.77. The van der Waals surface area contributed by atoms with Gasteiger partial charge in [0.1, 0.15) is 18.2 Å². The predicted octanol–water partition coefficient (Wildman–Crippen LogP) is 4.80. The monoisotopic (exact) mass is 436 g/mol. The molecular formula is C25H29FN4O2. The number of nitrogens with one attached hydrogen (secondary N) is 1. The van der Waals surface area contributed by atoms with Crippen molar-refractivity contribution in [3.05, 3.63) is 77.7 Å². The van der Waals surface area contributed by atoms with Crippen LogP contribution in [-0.4, -0.2) is 39.1 Å². The number of amides is 2. The molecule has 0 aliphatic heterocycles. The van der Waals surface area contributed by atoms with Crippen LogP contribution in [0.25, 0.3) is 5.69 Å². The van der Waals surface area contributed by atoms with Crippen molar-refractivity contribution in [2.24, 2.45) is 0 Å². The molecule has 0 spiro atoms. The molecular weight excluding hydrogens is 407 g/mol. The van der Waals surface area contributed by atoms with Crippen molar-refractivity contribution >= 4 is 17.6 Å². The van der Waals surface area contributed by atoms with Crippen molar-refractivity contribution in [3.63, 3.8) is 0 Å². The first-order valence-corrected chi connectivity index (χ1v) is 10.6. The number of anilines is 1. The SMILES string of the molecule is CC(C)N(CC(=O)Nc1cc(C(C)(C)C)nn1-c1ccccc1)C(=O)c1cccc(F)c1. The molecule has 1 heterocycles. The standard InChI is InChI=1S/C25H29FN4O2/c1-17(2)29(24(32)18-10-9-11-19(26)14-18)16-23(31)27-22-15-21(25(3,4)5)28-30(22)20-12-7-6-8-13-20/h6-15,17H,16H2,1-5H3,(H,27,31). The smallest absolute Gasteiger partial charge is 0.254 e. The first-order valence-electron chi connectivity index (χ1n) is 10.6. The highest BCUT2D eigenvalue weighted by molar-refractivity contribution is 5.99. The lowest BCUT2D eigenvalue weighted by Crippen LogP contribution is -2.42. The fourth-order valence-corrected chi connectivity index (χ4v) is 3.22. The Labute approximate surface area is 188 Å². The van der Waals surface area contributed by atoms with Gasteiger partial charge in [-0.3, -0.25) is 9.59 Å². The molecule has 0 fully saturated rings. The maximum Gasteiger partial charge on any atom is 0.254 e. The molecule has 0 bridgehead atoms. The van der Waals surface area contributed by atoms with Crippen molar-refractivity contribution in [2.75, 3.05) is 11.9 Å². The van der Waals surface area contributed by atoms with E-state index in [2.05, 4.69) is 26.1 Å². The van der Waals surface area contributed by atoms with E-state index in [9.17, 15) is 14.0 Å². The van der Waals surface area contributed by atoms with Crippen LogP contribution in [0.5, 0.6) is 0 Å². The third-order valence-electron chi connectivity index (χ3n) is 5.02. The van der Waals surface area contributed by atoms with E-state index in [-0.39, 0.29) is 29.5 Å². The fourth-order valence-electron chi connectivity index (χ4n) is 3.22. The molecule has 3 aromatic rings. The molecule has 1 aromatic heterocycles. The van der Waals surface area contributed by atoms with Gasteiger partial charge in [0.05, 0.1) is 11.4 Å². The third kappa shape index (κ3) is 5.41. The van der Waals surface area contributed by atoms with Crippen LogP contribution >= 0.6 is 0 Å². The van der Waals surface area contributed by atoms with Crippen LogP contribution in [0.1, 0.15) is 50.7 Å². The molecule has 1 N–H and O–H groups in total. The summed E-state index contributed by atoms with van der Waals surface area (Å²) in [5.74, 6) is -0.735. The van der Waals surface area contributed by atoms with E-state index in [0.717, 1.165) is 11.4 Å². The Hall–Kier alpha value is -3.48. The number of nitrogens with zero attached hydrogens (tertiary/aromatic N) is 3. The van der Waals surface area contributed by atoms with Crippen molar-refractivity contribution in [3.8, 4) is 5.69 Å². The van der Waals surface area contributed by atoms with Crippen molar-refractivity contribution in [1.82, 2.24) is 14.7 Å². The summed E-state index contributed by atoms with van der Waals surface area (Å²) < 4.78 is 15.3. The first-order chi connectivity index (χ1) is 15.1. The minimum atomic E-state index is -0.495. The molecule has 0 aliphatic carbocycles. The van der Waals surface area contributed by atoms with Gasteiger partial charge in [-0.05, 0) is 44.2 Å². The molecule has 2 aromatic carbocycles. The minimum absolute atomic E-state index is 0.169. The van der Waals surface area contributed by atoms with Crippen molar-refractivity contribution in [1.29, 1.82) is 0 Å². The summed E-state index contributed by atoms with van der Waals surface area (Å²) in [6, 6.07) is 16.6. The predicted molar refractivity (Wildman–Crippen MR) is 123 cm³/mol. The number of hydrogen-bond donors (Lipinski definition) is 1. The molecule has 0 saturated heterocycles. The molecule has 2 amide bonds. The van der Waals surface area contributed by atoms with Gasteiger partial charge < -0.3 is 10.2 Å². The van der Waals surface area contributed by atoms with E-state index in [0.29, 0.717) is 5.82 Å². The van der Waals surface area contributed by atoms with Gasteiger partial charge in [0, 0.05) is 23.1 Å². The largest absolute Gasteiger partial charge is 0.327 e. The van der Waals surface area contributed by atoms with Crippen LogP contribution in [0, 0.1) is 5.82 Å². The number of para-hydroxylation sites is 1. The molecule has 0 aliphatic rings. The van der Waals surface area contributed by atoms with Gasteiger partial charge in [-0.25, -0.2) is 9.07 Å². The zero-order valence-electron chi connectivity index (χ0n) is 19.1. The number of halogens is 1. The van der Waals surface area contributed by atoms with Gasteiger partial charge in [0.15, 0.2) is 0 Å². The quantitative estimate of drug-likeness (QED) is 0.604. The van der Waals surface area contributed by atoms with Crippen LogP contribution in [-0.2, 0) is 10.2 Å². The highest BCUT2D eigenvalue weighted by Crippen LogP contribution is 2.26. The fraction of sp³-hybridized carbons (Fsp3) is 0.320. The first kappa shape index (κ1) is 23.2. The number of rotatable bonds is 6. The number of carbonyl (C=O) groups is 2. The number of hydrogen-bond acceptors (Lipinski definition) is 3. The van der Waals surface area contributed by atoms with Gasteiger partial charge in [-0.2, -0.15) is 5.10 Å². The van der Waals surface area contributed by atoms with E-state index in [1.807, 2.05) is 50.2 Å². The topological polar surface area (TPSA) is 67.2 Å². The van der Waals surface area contributed by atoms with E-state index < -0.39 is 11.7 Å². The second-order valence-corrected chi connectivity index (χ2v) is 9.00. The molecule has 0 saturated carbocycles. The van der Waals surface area contributed by atoms with Crippen LogP contribution in [0.3, 0.4) is 0 Å². The Bertz CT molecular complexity index is 1100. The lowest BCUT2D eigenvalue weighted by molar-refractivity contribution is -0.117. The van der Waals surface area contributed by atoms with Crippen molar-refractivity contribution in [2.45, 2.75) is 46.1 Å². The highest BCUT2D eigenvalue weighted by Gasteiger charge is 2.25. The molecule has 168 valence electrons. The van der Waals surface area contributed by atoms with E-state index in [4.69, 9.17) is 5.10 Å². The second kappa shape index (κ2) is 9.34. The molecule has 0 unspecified atom stereocenters. The zero-order chi connectivity index (χ0) is 23.5. The van der Waals surface area contributed by atoms with E-state index in [1.54, 1.807) is 10.7 Å². The molecule has 0 atom stereocenters. The summed E-state index contributed by atoms with van der Waals surface area (Å²) in [7, 11) is 0. The van der Waals surface area contributed by atoms with E-state index >= 15 is 0 Å². The lowest BCUT2D eigenvalue weighted by Gasteiger charge is -2.26. The average molecular weight is 437 g/mol. The average Bonchev–Trinajstić information content (AvgIpc) is 3.16. The highest BCUT2D eigenvalue weighted by atomic mass is 19.1. The van der Waals surface area contributed by atoms with Gasteiger partial charge in [-0.1, -0.05) is 45.0 Å². The third-order valence-corrected chi connectivity index (χ3v) is 5.02. The Morgan fingerprint density at radius 3 is 2.34 bits per heavy atom. The summed E-state index contributed by atoms with van der Waals surface area (Å²) >= 11 is 0. The minimum Gasteiger partial charge on any atom is -0.327 e. The maximum absolute atomic E-state index is 13.6. The van der Waals surface area contributed by atoms with Crippen LogP contribution in [0.15, 0.2) is 60.7 Å². The molecule has 6 nitrogen and oxygen atoms in total. The molecule has 7 heteroatoms. The summed E-state index contributed by atoms with van der Waals surface area (Å²) in [6.07, 6.45) is 0. The van der Waals surface area contributed by atoms with Crippen molar-refractivity contribution < 1.29 is 14.0 Å². The van der Waals surface area contributed by atoms with Gasteiger partial charge in [0.25, 0.3) is 5.91 Å². The normalized spacial score (nSPS) is 11.5. The molecule has 0 radical (unpaired) electrons. The van der Waals surface area contributed by atoms with Gasteiger partial charge in [-0.15, -0.1) is 0 Å². The zero-order valence-corrected chi connectivity index (χ0v) is 19.1. The Balaban J connectivity index is 1.85. The Morgan fingerprint density at radius 1 is 1.06 bits per heavy atom. The summed E-state index contributed by atoms with van der Waals surface area (Å²) in [4.78, 5) is 27.3. The van der Waals surface area contributed by atoms with E-state index in [1.165, 1.54) is 23.1 Å². The number of benzene rings is 2. The summed E-state index contributed by atoms with van der Waals surface area (Å²) in [5.41, 5.74) is 1.63. The van der Waals surface area contributed by atoms with Crippen LogP contribution in [0.2, 0.25) is 0 Å². The molecule has 32 heavy (non-hydrogen) atoms.